The zero-order chi connectivity index (χ0) is 15.4. The minimum absolute atomic E-state index is 0.642. The summed E-state index contributed by atoms with van der Waals surface area (Å²) in [7, 11) is 0. The molecule has 0 saturated carbocycles. The van der Waals surface area contributed by atoms with Gasteiger partial charge in [0.05, 0.1) is 0 Å². The third-order valence-electron chi connectivity index (χ3n) is 3.43. The van der Waals surface area contributed by atoms with E-state index in [9.17, 15) is 0 Å². The molecule has 0 aliphatic carbocycles. The Labute approximate surface area is 140 Å². The molecule has 2 heteroatoms. The van der Waals surface area contributed by atoms with Crippen molar-refractivity contribution in [3.05, 3.63) is 106 Å². The Morgan fingerprint density at radius 3 is 1.73 bits per heavy atom. The first-order valence-corrected chi connectivity index (χ1v) is 7.77. The van der Waals surface area contributed by atoms with Crippen molar-refractivity contribution >= 4 is 34.9 Å². The molecule has 0 aliphatic heterocycles. The van der Waals surface area contributed by atoms with Crippen LogP contribution >= 0.6 is 23.2 Å². The number of halogens is 2. The summed E-state index contributed by atoms with van der Waals surface area (Å²) < 4.78 is 0. The van der Waals surface area contributed by atoms with E-state index in [2.05, 4.69) is 30.3 Å². The zero-order valence-electron chi connectivity index (χ0n) is 11.8. The first kappa shape index (κ1) is 14.9. The van der Waals surface area contributed by atoms with Crippen LogP contribution in [0.5, 0.6) is 0 Å². The van der Waals surface area contributed by atoms with Crippen molar-refractivity contribution in [2.45, 2.75) is 0 Å². The summed E-state index contributed by atoms with van der Waals surface area (Å²) in [5, 5.41) is 1.29. The summed E-state index contributed by atoms with van der Waals surface area (Å²) in [6.07, 6.45) is 2.10. The van der Waals surface area contributed by atoms with Crippen LogP contribution in [-0.2, 0) is 0 Å². The first-order chi connectivity index (χ1) is 10.7. The Kier molecular flexibility index (Phi) is 4.62. The molecule has 0 fully saturated rings. The van der Waals surface area contributed by atoms with Gasteiger partial charge in [0.1, 0.15) is 0 Å². The second-order valence-electron chi connectivity index (χ2n) is 4.96. The molecule has 0 aliphatic rings. The van der Waals surface area contributed by atoms with Crippen molar-refractivity contribution in [1.29, 1.82) is 0 Å². The van der Waals surface area contributed by atoms with Gasteiger partial charge < -0.3 is 0 Å². The third kappa shape index (κ3) is 3.41. The fourth-order valence-electron chi connectivity index (χ4n) is 2.34. The molecule has 0 spiro atoms. The number of hydrogen-bond acceptors (Lipinski definition) is 0. The standard InChI is InChI=1S/C20H14Cl2/c21-18-12-11-17(20(22)14-18)13-19(15-7-3-1-4-8-15)16-9-5-2-6-10-16/h1-14H. The van der Waals surface area contributed by atoms with Crippen molar-refractivity contribution in [3.8, 4) is 0 Å². The lowest BCUT2D eigenvalue weighted by Crippen LogP contribution is -1.88. The molecule has 3 aromatic rings. The monoisotopic (exact) mass is 324 g/mol. The Bertz CT molecular complexity index is 749. The molecular weight excluding hydrogens is 311 g/mol. The van der Waals surface area contributed by atoms with Gasteiger partial charge in [0.15, 0.2) is 0 Å². The van der Waals surface area contributed by atoms with E-state index >= 15 is 0 Å². The van der Waals surface area contributed by atoms with Crippen LogP contribution in [0.25, 0.3) is 11.6 Å². The summed E-state index contributed by atoms with van der Waals surface area (Å²) in [5.74, 6) is 0. The molecule has 108 valence electrons. The van der Waals surface area contributed by atoms with Crippen molar-refractivity contribution < 1.29 is 0 Å². The Hall–Kier alpha value is -2.02. The molecule has 0 unspecified atom stereocenters. The van der Waals surface area contributed by atoms with Gasteiger partial charge in [-0.05, 0) is 40.5 Å². The SMILES string of the molecule is Clc1ccc(C=C(c2ccccc2)c2ccccc2)c(Cl)c1. The maximum Gasteiger partial charge on any atom is 0.0493 e. The summed E-state index contributed by atoms with van der Waals surface area (Å²) in [5.41, 5.74) is 4.39. The normalized spacial score (nSPS) is 10.3. The highest BCUT2D eigenvalue weighted by molar-refractivity contribution is 6.35. The van der Waals surface area contributed by atoms with E-state index in [0.717, 1.165) is 22.3 Å². The molecular formula is C20H14Cl2. The number of hydrogen-bond donors (Lipinski definition) is 0. The van der Waals surface area contributed by atoms with E-state index in [4.69, 9.17) is 23.2 Å². The maximum absolute atomic E-state index is 6.32. The fourth-order valence-corrected chi connectivity index (χ4v) is 2.81. The Balaban J connectivity index is 2.15. The summed E-state index contributed by atoms with van der Waals surface area (Å²) in [6, 6.07) is 26.1. The molecule has 0 saturated heterocycles. The minimum Gasteiger partial charge on any atom is -0.0843 e. The third-order valence-corrected chi connectivity index (χ3v) is 3.99. The van der Waals surface area contributed by atoms with E-state index < -0.39 is 0 Å². The molecule has 0 radical (unpaired) electrons. The van der Waals surface area contributed by atoms with Crippen molar-refractivity contribution in [1.82, 2.24) is 0 Å². The highest BCUT2D eigenvalue weighted by Crippen LogP contribution is 2.29. The molecule has 0 N–H and O–H groups in total. The molecule has 22 heavy (non-hydrogen) atoms. The van der Waals surface area contributed by atoms with Crippen LogP contribution in [0.4, 0.5) is 0 Å². The van der Waals surface area contributed by atoms with Gasteiger partial charge in [-0.1, -0.05) is 89.9 Å². The number of rotatable bonds is 3. The fraction of sp³-hybridized carbons (Fsp3) is 0. The lowest BCUT2D eigenvalue weighted by Gasteiger charge is -2.10. The van der Waals surface area contributed by atoms with Gasteiger partial charge >= 0.3 is 0 Å². The van der Waals surface area contributed by atoms with Crippen LogP contribution < -0.4 is 0 Å². The predicted octanol–water partition coefficient (Wildman–Crippen LogP) is 6.58. The van der Waals surface area contributed by atoms with Crippen molar-refractivity contribution in [2.75, 3.05) is 0 Å². The van der Waals surface area contributed by atoms with Crippen molar-refractivity contribution in [2.24, 2.45) is 0 Å². The van der Waals surface area contributed by atoms with E-state index in [0.29, 0.717) is 10.0 Å². The van der Waals surface area contributed by atoms with Gasteiger partial charge in [-0.3, -0.25) is 0 Å². The van der Waals surface area contributed by atoms with Gasteiger partial charge in [0.25, 0.3) is 0 Å². The highest BCUT2D eigenvalue weighted by atomic mass is 35.5. The lowest BCUT2D eigenvalue weighted by molar-refractivity contribution is 1.55. The van der Waals surface area contributed by atoms with E-state index in [1.165, 1.54) is 0 Å². The van der Waals surface area contributed by atoms with Gasteiger partial charge in [-0.2, -0.15) is 0 Å². The summed E-state index contributed by atoms with van der Waals surface area (Å²) >= 11 is 12.3. The van der Waals surface area contributed by atoms with Crippen LogP contribution in [0.2, 0.25) is 10.0 Å². The minimum atomic E-state index is 0.642. The second-order valence-corrected chi connectivity index (χ2v) is 5.80. The second kappa shape index (κ2) is 6.83. The lowest BCUT2D eigenvalue weighted by atomic mass is 9.96. The van der Waals surface area contributed by atoms with Crippen LogP contribution in [0.15, 0.2) is 78.9 Å². The average Bonchev–Trinajstić information content (AvgIpc) is 2.56. The summed E-state index contributed by atoms with van der Waals surface area (Å²) in [6.45, 7) is 0. The molecule has 0 amide bonds. The average molecular weight is 325 g/mol. The van der Waals surface area contributed by atoms with Crippen LogP contribution in [-0.4, -0.2) is 0 Å². The maximum atomic E-state index is 6.32. The van der Waals surface area contributed by atoms with Gasteiger partial charge in [0.2, 0.25) is 0 Å². The van der Waals surface area contributed by atoms with E-state index in [-0.39, 0.29) is 0 Å². The molecule has 3 aromatic carbocycles. The zero-order valence-corrected chi connectivity index (χ0v) is 13.4. The topological polar surface area (TPSA) is 0 Å². The van der Waals surface area contributed by atoms with Crippen LogP contribution in [0, 0.1) is 0 Å². The molecule has 0 nitrogen and oxygen atoms in total. The summed E-state index contributed by atoms with van der Waals surface area (Å²) in [4.78, 5) is 0. The molecule has 0 heterocycles. The smallest absolute Gasteiger partial charge is 0.0493 e. The molecule has 3 rings (SSSR count). The van der Waals surface area contributed by atoms with Gasteiger partial charge in [0, 0.05) is 10.0 Å². The largest absolute Gasteiger partial charge is 0.0843 e. The van der Waals surface area contributed by atoms with Gasteiger partial charge in [-0.25, -0.2) is 0 Å². The van der Waals surface area contributed by atoms with Gasteiger partial charge in [-0.15, -0.1) is 0 Å². The van der Waals surface area contributed by atoms with Crippen LogP contribution in [0.1, 0.15) is 16.7 Å². The quantitative estimate of drug-likeness (QED) is 0.477. The van der Waals surface area contributed by atoms with Crippen molar-refractivity contribution in [3.63, 3.8) is 0 Å². The predicted molar refractivity (Wildman–Crippen MR) is 96.3 cm³/mol. The first-order valence-electron chi connectivity index (χ1n) is 7.01. The Morgan fingerprint density at radius 1 is 0.682 bits per heavy atom. The molecule has 0 atom stereocenters. The highest BCUT2D eigenvalue weighted by Gasteiger charge is 2.06. The molecule has 0 aromatic heterocycles. The van der Waals surface area contributed by atoms with E-state index in [1.807, 2.05) is 48.5 Å². The molecule has 0 bridgehead atoms. The number of benzene rings is 3. The van der Waals surface area contributed by atoms with E-state index in [1.54, 1.807) is 6.07 Å². The Morgan fingerprint density at radius 2 is 1.23 bits per heavy atom. The van der Waals surface area contributed by atoms with Crippen LogP contribution in [0.3, 0.4) is 0 Å².